The number of carbonyl (C=O) groups is 4. The first kappa shape index (κ1) is 27.6. The molecule has 0 unspecified atom stereocenters. The minimum absolute atomic E-state index is 0.259. The molecule has 3 fully saturated rings. The van der Waals surface area contributed by atoms with Crippen molar-refractivity contribution in [3.63, 3.8) is 0 Å². The number of alkyl halides is 1. The van der Waals surface area contributed by atoms with Gasteiger partial charge in [0.05, 0.1) is 28.9 Å². The van der Waals surface area contributed by atoms with Gasteiger partial charge in [0.2, 0.25) is 0 Å². The standard InChI is InChI=1S/C26H33ClO10/c1-12-7-8-17(34-14(3)28)24(6)18(35-15(4)29)9-10-25(11-33-25)20(24)22(36-16(5)30)26(32)13(2)23(31)37-21(26)19(12)27/h7-8,13,17-22,32H,1,9-11H2,2-6H3/b8-7-/t13-,17+,18-,19-,20+,21-,22-,24-,25+,26-/m0/s1. The monoisotopic (exact) mass is 540 g/mol. The van der Waals surface area contributed by atoms with Crippen LogP contribution in [0.5, 0.6) is 0 Å². The lowest BCUT2D eigenvalue weighted by molar-refractivity contribution is -0.238. The van der Waals surface area contributed by atoms with Crippen molar-refractivity contribution in [2.45, 2.75) is 88.5 Å². The maximum atomic E-state index is 12.9. The van der Waals surface area contributed by atoms with E-state index in [0.29, 0.717) is 12.8 Å². The Hall–Kier alpha value is -2.43. The second-order valence-corrected chi connectivity index (χ2v) is 11.2. The fourth-order valence-corrected chi connectivity index (χ4v) is 6.82. The number of epoxide rings is 1. The predicted molar refractivity (Wildman–Crippen MR) is 128 cm³/mol. The van der Waals surface area contributed by atoms with Gasteiger partial charge in [0.25, 0.3) is 0 Å². The highest BCUT2D eigenvalue weighted by Gasteiger charge is 2.75. The molecule has 0 bridgehead atoms. The summed E-state index contributed by atoms with van der Waals surface area (Å²) in [6.07, 6.45) is -0.716. The first-order chi connectivity index (χ1) is 17.2. The molecule has 0 aromatic carbocycles. The van der Waals surface area contributed by atoms with Crippen LogP contribution in [0.15, 0.2) is 24.3 Å². The number of esters is 4. The van der Waals surface area contributed by atoms with E-state index in [9.17, 15) is 24.3 Å². The second-order valence-electron chi connectivity index (χ2n) is 10.7. The van der Waals surface area contributed by atoms with Gasteiger partial charge in [0, 0.05) is 26.7 Å². The lowest BCUT2D eigenvalue weighted by Gasteiger charge is -2.56. The highest BCUT2D eigenvalue weighted by molar-refractivity contribution is 6.23. The van der Waals surface area contributed by atoms with Gasteiger partial charge in [-0.3, -0.25) is 19.2 Å². The number of fused-ring (bicyclic) bond motifs is 3. The molecule has 0 aromatic heterocycles. The molecule has 0 amide bonds. The molecule has 1 saturated carbocycles. The maximum Gasteiger partial charge on any atom is 0.312 e. The van der Waals surface area contributed by atoms with Gasteiger partial charge < -0.3 is 28.8 Å². The molecule has 4 aliphatic rings. The molecule has 1 N–H and O–H groups in total. The van der Waals surface area contributed by atoms with E-state index in [1.54, 1.807) is 13.0 Å². The summed E-state index contributed by atoms with van der Waals surface area (Å²) in [5, 5.41) is 11.3. The molecule has 1 spiro atoms. The normalized spacial score (nSPS) is 45.6. The molecule has 2 saturated heterocycles. The quantitative estimate of drug-likeness (QED) is 0.245. The SMILES string of the molecule is C=C1/C=C\[C@@H](OC(C)=O)[C@@]2(C)[C@@H](OC(C)=O)CC[C@@]3(CO3)[C@@H]2[C@H](OC(C)=O)[C@]2(O)[C@@H](C)C(=O)O[C@H]2[C@H]1Cl. The number of hydrogen-bond acceptors (Lipinski definition) is 10. The van der Waals surface area contributed by atoms with Crippen LogP contribution in [0.4, 0.5) is 0 Å². The van der Waals surface area contributed by atoms with Gasteiger partial charge >= 0.3 is 23.9 Å². The van der Waals surface area contributed by atoms with Crippen LogP contribution in [-0.4, -0.2) is 76.6 Å². The number of aliphatic hydroxyl groups is 1. The zero-order valence-corrected chi connectivity index (χ0v) is 22.3. The number of rotatable bonds is 3. The van der Waals surface area contributed by atoms with E-state index in [-0.39, 0.29) is 12.2 Å². The largest absolute Gasteiger partial charge is 0.462 e. The van der Waals surface area contributed by atoms with Crippen LogP contribution in [0.1, 0.15) is 47.5 Å². The van der Waals surface area contributed by atoms with Gasteiger partial charge in [-0.2, -0.15) is 0 Å². The highest BCUT2D eigenvalue weighted by atomic mass is 35.5. The van der Waals surface area contributed by atoms with Gasteiger partial charge in [-0.15, -0.1) is 11.6 Å². The summed E-state index contributed by atoms with van der Waals surface area (Å²) in [5.74, 6) is -4.66. The predicted octanol–water partition coefficient (Wildman–Crippen LogP) is 1.99. The van der Waals surface area contributed by atoms with E-state index in [2.05, 4.69) is 6.58 Å². The Bertz CT molecular complexity index is 1050. The molecule has 2 heterocycles. The maximum absolute atomic E-state index is 12.9. The fourth-order valence-electron chi connectivity index (χ4n) is 6.49. The third kappa shape index (κ3) is 4.36. The summed E-state index contributed by atoms with van der Waals surface area (Å²) < 4.78 is 29.0. The van der Waals surface area contributed by atoms with Gasteiger partial charge in [-0.25, -0.2) is 0 Å². The van der Waals surface area contributed by atoms with Crippen molar-refractivity contribution in [1.29, 1.82) is 0 Å². The lowest BCUT2D eigenvalue weighted by atomic mass is 9.53. The molecular weight excluding hydrogens is 508 g/mol. The average Bonchev–Trinajstić information content (AvgIpc) is 3.53. The smallest absolute Gasteiger partial charge is 0.312 e. The van der Waals surface area contributed by atoms with Crippen molar-refractivity contribution in [3.8, 4) is 0 Å². The van der Waals surface area contributed by atoms with Crippen LogP contribution in [0, 0.1) is 17.3 Å². The number of allylic oxidation sites excluding steroid dienone is 1. The molecule has 2 aliphatic heterocycles. The number of hydrogen-bond donors (Lipinski definition) is 1. The van der Waals surface area contributed by atoms with E-state index in [1.807, 2.05) is 0 Å². The second kappa shape index (κ2) is 9.39. The molecule has 0 aromatic rings. The molecule has 4 rings (SSSR count). The van der Waals surface area contributed by atoms with Crippen LogP contribution in [0.25, 0.3) is 0 Å². The zero-order chi connectivity index (χ0) is 27.5. The topological polar surface area (TPSA) is 138 Å². The third-order valence-corrected chi connectivity index (χ3v) is 8.90. The summed E-state index contributed by atoms with van der Waals surface area (Å²) >= 11 is 6.70. The lowest BCUT2D eigenvalue weighted by Crippen LogP contribution is -2.70. The number of carbonyl (C=O) groups excluding carboxylic acids is 4. The van der Waals surface area contributed by atoms with Gasteiger partial charge in [-0.1, -0.05) is 19.6 Å². The summed E-state index contributed by atoms with van der Waals surface area (Å²) in [6, 6.07) is 0. The van der Waals surface area contributed by atoms with Crippen molar-refractivity contribution in [2.24, 2.45) is 17.3 Å². The van der Waals surface area contributed by atoms with Gasteiger partial charge in [-0.05, 0) is 31.4 Å². The van der Waals surface area contributed by atoms with E-state index in [4.69, 9.17) is 35.3 Å². The fraction of sp³-hybridized carbons (Fsp3) is 0.692. The molecular formula is C26H33ClO10. The molecule has 204 valence electrons. The van der Waals surface area contributed by atoms with E-state index < -0.39 is 82.1 Å². The van der Waals surface area contributed by atoms with Crippen LogP contribution >= 0.6 is 11.6 Å². The van der Waals surface area contributed by atoms with Crippen LogP contribution < -0.4 is 0 Å². The van der Waals surface area contributed by atoms with E-state index in [0.717, 1.165) is 0 Å². The van der Waals surface area contributed by atoms with Gasteiger partial charge in [0.15, 0.2) is 11.7 Å². The Kier molecular flexibility index (Phi) is 7.01. The van der Waals surface area contributed by atoms with Gasteiger partial charge in [0.1, 0.15) is 18.3 Å². The molecule has 10 atom stereocenters. The summed E-state index contributed by atoms with van der Waals surface area (Å²) in [6.45, 7) is 11.1. The van der Waals surface area contributed by atoms with E-state index in [1.165, 1.54) is 33.8 Å². The average molecular weight is 541 g/mol. The van der Waals surface area contributed by atoms with Crippen LogP contribution in [0.3, 0.4) is 0 Å². The number of ether oxygens (including phenoxy) is 5. The first-order valence-corrected chi connectivity index (χ1v) is 12.7. The Labute approximate surface area is 220 Å². The Balaban J connectivity index is 2.04. The summed E-state index contributed by atoms with van der Waals surface area (Å²) in [4.78, 5) is 49.9. The summed E-state index contributed by atoms with van der Waals surface area (Å²) in [5.41, 5.74) is -4.05. The van der Waals surface area contributed by atoms with Crippen LogP contribution in [0.2, 0.25) is 0 Å². The van der Waals surface area contributed by atoms with Crippen LogP contribution in [-0.2, 0) is 42.9 Å². The van der Waals surface area contributed by atoms with Crippen molar-refractivity contribution in [2.75, 3.05) is 6.61 Å². The zero-order valence-electron chi connectivity index (χ0n) is 21.5. The minimum atomic E-state index is -2.12. The van der Waals surface area contributed by atoms with Crippen molar-refractivity contribution >= 4 is 35.5 Å². The Morgan fingerprint density at radius 3 is 2.27 bits per heavy atom. The molecule has 37 heavy (non-hydrogen) atoms. The van der Waals surface area contributed by atoms with E-state index >= 15 is 0 Å². The Morgan fingerprint density at radius 2 is 1.73 bits per heavy atom. The van der Waals surface area contributed by atoms with Crippen molar-refractivity contribution < 1.29 is 48.0 Å². The first-order valence-electron chi connectivity index (χ1n) is 12.3. The van der Waals surface area contributed by atoms with Crippen molar-refractivity contribution in [3.05, 3.63) is 24.3 Å². The Morgan fingerprint density at radius 1 is 1.14 bits per heavy atom. The molecule has 2 aliphatic carbocycles. The molecule has 11 heteroatoms. The molecule has 10 nitrogen and oxygen atoms in total. The third-order valence-electron chi connectivity index (χ3n) is 8.39. The van der Waals surface area contributed by atoms with Crippen molar-refractivity contribution in [1.82, 2.24) is 0 Å². The number of halogens is 1. The minimum Gasteiger partial charge on any atom is -0.462 e. The molecule has 0 radical (unpaired) electrons. The summed E-state index contributed by atoms with van der Waals surface area (Å²) in [7, 11) is 0. The highest BCUT2D eigenvalue weighted by Crippen LogP contribution is 2.62.